The van der Waals surface area contributed by atoms with Crippen molar-refractivity contribution < 1.29 is 13.6 Å². The maximum absolute atomic E-state index is 13.6. The van der Waals surface area contributed by atoms with Gasteiger partial charge in [0.15, 0.2) is 0 Å². The van der Waals surface area contributed by atoms with Crippen molar-refractivity contribution in [1.29, 1.82) is 0 Å². The van der Waals surface area contributed by atoms with Crippen molar-refractivity contribution in [3.05, 3.63) is 76.7 Å². The maximum Gasteiger partial charge on any atom is 0.276 e. The van der Waals surface area contributed by atoms with Crippen molar-refractivity contribution in [2.24, 2.45) is 0 Å². The number of aryl methyl sites for hydroxylation is 3. The molecule has 0 unspecified atom stereocenters. The first-order chi connectivity index (χ1) is 12.8. The molecule has 0 radical (unpaired) electrons. The van der Waals surface area contributed by atoms with Crippen LogP contribution in [0.3, 0.4) is 0 Å². The number of nitrogens with zero attached hydrogens (tertiary/aromatic N) is 2. The van der Waals surface area contributed by atoms with Crippen LogP contribution in [-0.4, -0.2) is 15.9 Å². The first kappa shape index (κ1) is 18.4. The van der Waals surface area contributed by atoms with Gasteiger partial charge in [0.1, 0.15) is 28.8 Å². The van der Waals surface area contributed by atoms with Crippen LogP contribution in [-0.2, 0) is 0 Å². The second-order valence-corrected chi connectivity index (χ2v) is 6.24. The summed E-state index contributed by atoms with van der Waals surface area (Å²) in [6.45, 7) is 6.00. The highest BCUT2D eigenvalue weighted by Crippen LogP contribution is 2.25. The fraction of sp³-hybridized carbons (Fsp3) is 0.150. The summed E-state index contributed by atoms with van der Waals surface area (Å²) in [5, 5.41) is 5.35. The van der Waals surface area contributed by atoms with Gasteiger partial charge >= 0.3 is 0 Å². The van der Waals surface area contributed by atoms with Crippen molar-refractivity contribution in [3.8, 4) is 0 Å². The molecule has 2 aromatic carbocycles. The summed E-state index contributed by atoms with van der Waals surface area (Å²) in [6, 6.07) is 7.43. The van der Waals surface area contributed by atoms with Crippen molar-refractivity contribution in [2.45, 2.75) is 20.8 Å². The van der Waals surface area contributed by atoms with E-state index in [1.165, 1.54) is 18.5 Å². The summed E-state index contributed by atoms with van der Waals surface area (Å²) in [7, 11) is 0. The molecule has 7 heteroatoms. The Labute approximate surface area is 155 Å². The predicted molar refractivity (Wildman–Crippen MR) is 100 cm³/mol. The molecule has 0 spiro atoms. The van der Waals surface area contributed by atoms with E-state index in [0.29, 0.717) is 5.82 Å². The first-order valence-electron chi connectivity index (χ1n) is 8.27. The second-order valence-electron chi connectivity index (χ2n) is 6.24. The highest BCUT2D eigenvalue weighted by atomic mass is 19.1. The summed E-state index contributed by atoms with van der Waals surface area (Å²) < 4.78 is 27.3. The summed E-state index contributed by atoms with van der Waals surface area (Å²) >= 11 is 0. The van der Waals surface area contributed by atoms with E-state index in [1.54, 1.807) is 0 Å². The zero-order valence-electron chi connectivity index (χ0n) is 15.1. The SMILES string of the molecule is Cc1cc(C)c(Nc2cnc(C(=O)Nc3c(F)cccc3F)cn2)c(C)c1. The third-order valence-corrected chi connectivity index (χ3v) is 4.02. The van der Waals surface area contributed by atoms with E-state index in [9.17, 15) is 13.6 Å². The Kier molecular flexibility index (Phi) is 5.12. The zero-order valence-corrected chi connectivity index (χ0v) is 15.1. The Morgan fingerprint density at radius 2 is 1.56 bits per heavy atom. The van der Waals surface area contributed by atoms with E-state index in [4.69, 9.17) is 0 Å². The number of anilines is 3. The summed E-state index contributed by atoms with van der Waals surface area (Å²) in [5.41, 5.74) is 3.63. The molecule has 0 aliphatic carbocycles. The topological polar surface area (TPSA) is 66.9 Å². The monoisotopic (exact) mass is 368 g/mol. The van der Waals surface area contributed by atoms with E-state index in [2.05, 4.69) is 20.6 Å². The summed E-state index contributed by atoms with van der Waals surface area (Å²) in [5.74, 6) is -2.01. The molecule has 0 bridgehead atoms. The number of carbonyl (C=O) groups excluding carboxylic acids is 1. The van der Waals surface area contributed by atoms with Crippen molar-refractivity contribution in [2.75, 3.05) is 10.6 Å². The van der Waals surface area contributed by atoms with Gasteiger partial charge in [0.2, 0.25) is 0 Å². The van der Waals surface area contributed by atoms with Gasteiger partial charge in [-0.15, -0.1) is 0 Å². The standard InChI is InChI=1S/C20H18F2N4O/c1-11-7-12(2)18(13(3)8-11)25-17-10-23-16(9-24-17)20(27)26-19-14(21)5-4-6-15(19)22/h4-10H,1-3H3,(H,24,25)(H,26,27). The van der Waals surface area contributed by atoms with Crippen molar-refractivity contribution >= 4 is 23.1 Å². The van der Waals surface area contributed by atoms with Gasteiger partial charge in [-0.05, 0) is 44.0 Å². The van der Waals surface area contributed by atoms with Gasteiger partial charge in [-0.1, -0.05) is 23.8 Å². The molecule has 0 atom stereocenters. The molecule has 1 amide bonds. The molecule has 3 rings (SSSR count). The van der Waals surface area contributed by atoms with Crippen LogP contribution in [0.25, 0.3) is 0 Å². The highest BCUT2D eigenvalue weighted by molar-refractivity contribution is 6.02. The van der Waals surface area contributed by atoms with Crippen molar-refractivity contribution in [3.63, 3.8) is 0 Å². The van der Waals surface area contributed by atoms with Crippen LogP contribution in [0.4, 0.5) is 26.0 Å². The smallest absolute Gasteiger partial charge is 0.276 e. The Balaban J connectivity index is 1.77. The molecule has 0 saturated heterocycles. The van der Waals surface area contributed by atoms with E-state index in [0.717, 1.165) is 34.5 Å². The van der Waals surface area contributed by atoms with Crippen molar-refractivity contribution in [1.82, 2.24) is 9.97 Å². The number of nitrogens with one attached hydrogen (secondary N) is 2. The molecule has 1 heterocycles. The Morgan fingerprint density at radius 1 is 0.926 bits per heavy atom. The van der Waals surface area contributed by atoms with Gasteiger partial charge in [-0.2, -0.15) is 0 Å². The molecule has 0 fully saturated rings. The average Bonchev–Trinajstić information content (AvgIpc) is 2.61. The van der Waals surface area contributed by atoms with Gasteiger partial charge < -0.3 is 10.6 Å². The quantitative estimate of drug-likeness (QED) is 0.702. The van der Waals surface area contributed by atoms with Crippen LogP contribution in [0, 0.1) is 32.4 Å². The number of benzene rings is 2. The average molecular weight is 368 g/mol. The Hall–Kier alpha value is -3.35. The number of hydrogen-bond acceptors (Lipinski definition) is 4. The highest BCUT2D eigenvalue weighted by Gasteiger charge is 2.15. The Bertz CT molecular complexity index is 960. The zero-order chi connectivity index (χ0) is 19.6. The number of para-hydroxylation sites is 1. The van der Waals surface area contributed by atoms with E-state index in [1.807, 2.05) is 32.9 Å². The van der Waals surface area contributed by atoms with Gasteiger partial charge in [0, 0.05) is 5.69 Å². The lowest BCUT2D eigenvalue weighted by Gasteiger charge is -2.13. The Morgan fingerprint density at radius 3 is 2.11 bits per heavy atom. The fourth-order valence-electron chi connectivity index (χ4n) is 2.81. The van der Waals surface area contributed by atoms with E-state index >= 15 is 0 Å². The van der Waals surface area contributed by atoms with E-state index < -0.39 is 23.2 Å². The molecule has 3 aromatic rings. The number of halogens is 2. The minimum absolute atomic E-state index is 0.0550. The predicted octanol–water partition coefficient (Wildman–Crippen LogP) is 4.68. The van der Waals surface area contributed by atoms with Crippen LogP contribution >= 0.6 is 0 Å². The van der Waals surface area contributed by atoms with Gasteiger partial charge in [0.05, 0.1) is 12.4 Å². The lowest BCUT2D eigenvalue weighted by atomic mass is 10.1. The molecule has 138 valence electrons. The van der Waals surface area contributed by atoms with Crippen LogP contribution in [0.15, 0.2) is 42.7 Å². The minimum atomic E-state index is -0.861. The number of rotatable bonds is 4. The van der Waals surface area contributed by atoms with Crippen LogP contribution in [0.2, 0.25) is 0 Å². The summed E-state index contributed by atoms with van der Waals surface area (Å²) in [6.07, 6.45) is 2.64. The number of hydrogen-bond donors (Lipinski definition) is 2. The fourth-order valence-corrected chi connectivity index (χ4v) is 2.81. The van der Waals surface area contributed by atoms with E-state index in [-0.39, 0.29) is 5.69 Å². The number of amides is 1. The molecule has 0 aliphatic rings. The molecule has 2 N–H and O–H groups in total. The third kappa shape index (κ3) is 4.08. The first-order valence-corrected chi connectivity index (χ1v) is 8.27. The third-order valence-electron chi connectivity index (χ3n) is 4.02. The number of carbonyl (C=O) groups is 1. The molecule has 1 aromatic heterocycles. The molecular weight excluding hydrogens is 350 g/mol. The second kappa shape index (κ2) is 7.49. The van der Waals surface area contributed by atoms with Gasteiger partial charge in [-0.25, -0.2) is 18.7 Å². The molecular formula is C20H18F2N4O. The van der Waals surface area contributed by atoms with Crippen LogP contribution in [0.1, 0.15) is 27.2 Å². The van der Waals surface area contributed by atoms with Gasteiger partial charge in [-0.3, -0.25) is 4.79 Å². The molecule has 0 aliphatic heterocycles. The molecule has 5 nitrogen and oxygen atoms in total. The minimum Gasteiger partial charge on any atom is -0.339 e. The lowest BCUT2D eigenvalue weighted by molar-refractivity contribution is 0.102. The summed E-state index contributed by atoms with van der Waals surface area (Å²) in [4.78, 5) is 20.4. The number of aromatic nitrogens is 2. The van der Waals surface area contributed by atoms with Gasteiger partial charge in [0.25, 0.3) is 5.91 Å². The molecule has 27 heavy (non-hydrogen) atoms. The largest absolute Gasteiger partial charge is 0.339 e. The maximum atomic E-state index is 13.6. The molecule has 0 saturated carbocycles. The van der Waals surface area contributed by atoms with Crippen LogP contribution < -0.4 is 10.6 Å². The normalized spacial score (nSPS) is 10.6. The van der Waals surface area contributed by atoms with Crippen LogP contribution in [0.5, 0.6) is 0 Å². The lowest BCUT2D eigenvalue weighted by Crippen LogP contribution is -2.16.